The molecule has 4 nitrogen and oxygen atoms in total. The van der Waals surface area contributed by atoms with Gasteiger partial charge in [-0.05, 0) is 19.1 Å². The van der Waals surface area contributed by atoms with Crippen molar-refractivity contribution < 1.29 is 14.6 Å². The zero-order chi connectivity index (χ0) is 14.7. The van der Waals surface area contributed by atoms with Gasteiger partial charge in [0.25, 0.3) is 0 Å². The molecule has 5 heteroatoms. The first-order valence-corrected chi connectivity index (χ1v) is 7.21. The van der Waals surface area contributed by atoms with Crippen LogP contribution in [0.15, 0.2) is 24.3 Å². The van der Waals surface area contributed by atoms with Crippen LogP contribution in [0.25, 0.3) is 0 Å². The van der Waals surface area contributed by atoms with Gasteiger partial charge < -0.3 is 9.84 Å². The van der Waals surface area contributed by atoms with Crippen molar-refractivity contribution in [1.82, 2.24) is 4.98 Å². The first-order valence-electron chi connectivity index (χ1n) is 6.39. The summed E-state index contributed by atoms with van der Waals surface area (Å²) in [5.74, 6) is -0.0193. The molecule has 106 valence electrons. The quantitative estimate of drug-likeness (QED) is 0.909. The van der Waals surface area contributed by atoms with Gasteiger partial charge in [0.05, 0.1) is 5.01 Å². The molecule has 0 saturated heterocycles. The minimum Gasteiger partial charge on any atom is -0.487 e. The van der Waals surface area contributed by atoms with E-state index in [1.165, 1.54) is 11.3 Å². The van der Waals surface area contributed by atoms with E-state index in [-0.39, 0.29) is 17.4 Å². The number of aromatic nitrogens is 1. The number of rotatable bonds is 5. The molecule has 0 amide bonds. The predicted molar refractivity (Wildman–Crippen MR) is 78.7 cm³/mol. The second kappa shape index (κ2) is 6.05. The largest absolute Gasteiger partial charge is 0.487 e. The highest BCUT2D eigenvalue weighted by Crippen LogP contribution is 2.26. The monoisotopic (exact) mass is 291 g/mol. The predicted octanol–water partition coefficient (Wildman–Crippen LogP) is 3.85. The summed E-state index contributed by atoms with van der Waals surface area (Å²) in [6.45, 7) is 6.17. The van der Waals surface area contributed by atoms with Crippen LogP contribution in [0.5, 0.6) is 5.75 Å². The van der Waals surface area contributed by atoms with Crippen LogP contribution in [0, 0.1) is 6.92 Å². The Morgan fingerprint density at radius 2 is 2.00 bits per heavy atom. The van der Waals surface area contributed by atoms with E-state index in [4.69, 9.17) is 4.74 Å². The van der Waals surface area contributed by atoms with Gasteiger partial charge in [0.15, 0.2) is 0 Å². The average Bonchev–Trinajstić information content (AvgIpc) is 2.82. The number of aromatic carboxylic acids is 1. The van der Waals surface area contributed by atoms with Crippen LogP contribution in [-0.4, -0.2) is 16.1 Å². The normalized spacial score (nSPS) is 10.8. The maximum Gasteiger partial charge on any atom is 0.347 e. The number of ether oxygens (including phenoxy) is 1. The van der Waals surface area contributed by atoms with Crippen molar-refractivity contribution in [2.24, 2.45) is 0 Å². The summed E-state index contributed by atoms with van der Waals surface area (Å²) in [6, 6.07) is 7.64. The van der Waals surface area contributed by atoms with Gasteiger partial charge >= 0.3 is 5.97 Å². The molecule has 0 saturated carbocycles. The van der Waals surface area contributed by atoms with E-state index in [0.29, 0.717) is 11.4 Å². The van der Waals surface area contributed by atoms with Crippen LogP contribution in [-0.2, 0) is 6.61 Å². The van der Waals surface area contributed by atoms with Crippen molar-refractivity contribution in [3.8, 4) is 5.75 Å². The molecule has 2 rings (SSSR count). The van der Waals surface area contributed by atoms with Gasteiger partial charge in [0, 0.05) is 5.92 Å². The van der Waals surface area contributed by atoms with Crippen LogP contribution in [0.4, 0.5) is 0 Å². The number of carboxylic acids is 1. The SMILES string of the molecule is Cc1ccc(OCc2nc(C(C)C)sc2C(=O)O)cc1. The van der Waals surface area contributed by atoms with Gasteiger partial charge in [-0.2, -0.15) is 0 Å². The zero-order valence-electron chi connectivity index (χ0n) is 11.7. The zero-order valence-corrected chi connectivity index (χ0v) is 12.5. The van der Waals surface area contributed by atoms with E-state index in [0.717, 1.165) is 10.6 Å². The smallest absolute Gasteiger partial charge is 0.347 e. The minimum atomic E-state index is -0.947. The summed E-state index contributed by atoms with van der Waals surface area (Å²) in [5, 5.41) is 10.0. The number of hydrogen-bond acceptors (Lipinski definition) is 4. The number of nitrogens with zero attached hydrogens (tertiary/aromatic N) is 1. The molecule has 0 aliphatic rings. The summed E-state index contributed by atoms with van der Waals surface area (Å²) >= 11 is 1.22. The van der Waals surface area contributed by atoms with Crippen molar-refractivity contribution >= 4 is 17.3 Å². The van der Waals surface area contributed by atoms with Crippen molar-refractivity contribution in [2.75, 3.05) is 0 Å². The number of hydrogen-bond donors (Lipinski definition) is 1. The highest BCUT2D eigenvalue weighted by molar-refractivity contribution is 7.13. The number of benzene rings is 1. The summed E-state index contributed by atoms with van der Waals surface area (Å²) < 4.78 is 5.61. The van der Waals surface area contributed by atoms with E-state index in [9.17, 15) is 9.90 Å². The van der Waals surface area contributed by atoms with Crippen molar-refractivity contribution in [3.63, 3.8) is 0 Å². The van der Waals surface area contributed by atoms with Crippen molar-refractivity contribution in [2.45, 2.75) is 33.3 Å². The molecule has 1 N–H and O–H groups in total. The van der Waals surface area contributed by atoms with E-state index in [2.05, 4.69) is 4.98 Å². The first-order chi connectivity index (χ1) is 9.47. The second-order valence-electron chi connectivity index (χ2n) is 4.89. The molecule has 0 unspecified atom stereocenters. The Bertz CT molecular complexity index is 602. The Morgan fingerprint density at radius 1 is 1.35 bits per heavy atom. The molecule has 0 fully saturated rings. The maximum atomic E-state index is 11.2. The molecule has 0 bridgehead atoms. The van der Waals surface area contributed by atoms with Gasteiger partial charge in [0.2, 0.25) is 0 Å². The Kier molecular flexibility index (Phi) is 4.39. The van der Waals surface area contributed by atoms with Gasteiger partial charge in [-0.25, -0.2) is 9.78 Å². The van der Waals surface area contributed by atoms with Gasteiger partial charge in [-0.1, -0.05) is 31.5 Å². The maximum absolute atomic E-state index is 11.2. The lowest BCUT2D eigenvalue weighted by Gasteiger charge is -2.05. The molecular formula is C15H17NO3S. The molecular weight excluding hydrogens is 274 g/mol. The lowest BCUT2D eigenvalue weighted by Crippen LogP contribution is -2.03. The average molecular weight is 291 g/mol. The van der Waals surface area contributed by atoms with Gasteiger partial charge in [-0.3, -0.25) is 0 Å². The Morgan fingerprint density at radius 3 is 2.55 bits per heavy atom. The van der Waals surface area contributed by atoms with Crippen LogP contribution >= 0.6 is 11.3 Å². The van der Waals surface area contributed by atoms with Crippen molar-refractivity contribution in [1.29, 1.82) is 0 Å². The van der Waals surface area contributed by atoms with E-state index in [1.54, 1.807) is 0 Å². The number of carboxylic acid groups (broad SMARTS) is 1. The number of aryl methyl sites for hydroxylation is 1. The summed E-state index contributed by atoms with van der Waals surface area (Å²) in [7, 11) is 0. The lowest BCUT2D eigenvalue weighted by atomic mass is 10.2. The Hall–Kier alpha value is -1.88. The molecule has 2 aromatic rings. The molecule has 0 spiro atoms. The minimum absolute atomic E-state index is 0.175. The van der Waals surface area contributed by atoms with Gasteiger partial charge in [-0.15, -0.1) is 11.3 Å². The fraction of sp³-hybridized carbons (Fsp3) is 0.333. The Balaban J connectivity index is 2.15. The van der Waals surface area contributed by atoms with E-state index < -0.39 is 5.97 Å². The summed E-state index contributed by atoms with van der Waals surface area (Å²) in [5.41, 5.74) is 1.64. The highest BCUT2D eigenvalue weighted by Gasteiger charge is 2.19. The van der Waals surface area contributed by atoms with Crippen LogP contribution in [0.1, 0.15) is 45.7 Å². The molecule has 1 aromatic carbocycles. The fourth-order valence-corrected chi connectivity index (χ4v) is 2.58. The standard InChI is InChI=1S/C15H17NO3S/c1-9(2)14-16-12(13(20-14)15(17)18)8-19-11-6-4-10(3)5-7-11/h4-7,9H,8H2,1-3H3,(H,17,18). The third-order valence-corrected chi connectivity index (χ3v) is 4.18. The molecule has 0 atom stereocenters. The fourth-order valence-electron chi connectivity index (χ4n) is 1.67. The third kappa shape index (κ3) is 3.36. The van der Waals surface area contributed by atoms with Crippen LogP contribution < -0.4 is 4.74 Å². The summed E-state index contributed by atoms with van der Waals surface area (Å²) in [4.78, 5) is 15.9. The first kappa shape index (κ1) is 14.5. The van der Waals surface area contributed by atoms with E-state index >= 15 is 0 Å². The van der Waals surface area contributed by atoms with Crippen LogP contribution in [0.3, 0.4) is 0 Å². The molecule has 0 aliphatic carbocycles. The molecule has 1 heterocycles. The van der Waals surface area contributed by atoms with Gasteiger partial charge in [0.1, 0.15) is 22.9 Å². The molecule has 1 aromatic heterocycles. The summed E-state index contributed by atoms with van der Waals surface area (Å²) in [6.07, 6.45) is 0. The molecule has 0 radical (unpaired) electrons. The topological polar surface area (TPSA) is 59.4 Å². The second-order valence-corrected chi connectivity index (χ2v) is 5.92. The highest BCUT2D eigenvalue weighted by atomic mass is 32.1. The molecule has 0 aliphatic heterocycles. The lowest BCUT2D eigenvalue weighted by molar-refractivity contribution is 0.0699. The van der Waals surface area contributed by atoms with E-state index in [1.807, 2.05) is 45.0 Å². The number of carbonyl (C=O) groups is 1. The van der Waals surface area contributed by atoms with Crippen molar-refractivity contribution in [3.05, 3.63) is 45.4 Å². The molecule has 20 heavy (non-hydrogen) atoms. The van der Waals surface area contributed by atoms with Crippen LogP contribution in [0.2, 0.25) is 0 Å². The third-order valence-electron chi connectivity index (χ3n) is 2.80. The Labute approximate surface area is 122 Å². The number of thiazole rings is 1.